The lowest BCUT2D eigenvalue weighted by Crippen LogP contribution is -2.48. The largest absolute Gasteiger partial charge is 0.446 e. The molecule has 7 heteroatoms. The highest BCUT2D eigenvalue weighted by molar-refractivity contribution is 5.81. The minimum absolute atomic E-state index is 0.0636. The number of nitrogens with two attached hydrogens (primary N) is 2. The number of carbonyl (C=O) groups excluding carboxylic acids is 2. The monoisotopic (exact) mass is 558 g/mol. The van der Waals surface area contributed by atoms with E-state index in [9.17, 15) is 9.59 Å². The fraction of sp³-hybridized carbons (Fsp3) is 0.879. The van der Waals surface area contributed by atoms with E-state index in [-0.39, 0.29) is 17.4 Å². The van der Waals surface area contributed by atoms with Crippen molar-refractivity contribution in [2.45, 2.75) is 123 Å². The van der Waals surface area contributed by atoms with Crippen molar-refractivity contribution >= 4 is 12.0 Å². The molecule has 4 aliphatic carbocycles. The third-order valence-corrected chi connectivity index (χ3v) is 11.4. The second-order valence-corrected chi connectivity index (χ2v) is 13.8. The van der Waals surface area contributed by atoms with Gasteiger partial charge in [0.25, 0.3) is 0 Å². The zero-order chi connectivity index (χ0) is 28.7. The van der Waals surface area contributed by atoms with Crippen LogP contribution in [0, 0.1) is 40.9 Å². The molecule has 4 aliphatic rings. The average molecular weight is 559 g/mol. The van der Waals surface area contributed by atoms with Crippen LogP contribution < -0.4 is 22.1 Å². The van der Waals surface area contributed by atoms with Crippen molar-refractivity contribution in [1.29, 1.82) is 0 Å². The van der Waals surface area contributed by atoms with Crippen molar-refractivity contribution in [2.24, 2.45) is 52.4 Å². The van der Waals surface area contributed by atoms with Gasteiger partial charge in [-0.15, -0.1) is 0 Å². The van der Waals surface area contributed by atoms with E-state index in [4.69, 9.17) is 16.2 Å². The number of carbonyl (C=O) groups is 2. The molecule has 0 aromatic heterocycles. The lowest BCUT2D eigenvalue weighted by Gasteiger charge is -2.55. The smallest absolute Gasteiger partial charge is 0.407 e. The van der Waals surface area contributed by atoms with Gasteiger partial charge in [-0.3, -0.25) is 4.79 Å². The summed E-state index contributed by atoms with van der Waals surface area (Å²) in [5.41, 5.74) is 13.1. The van der Waals surface area contributed by atoms with Gasteiger partial charge < -0.3 is 26.8 Å². The van der Waals surface area contributed by atoms with Crippen LogP contribution in [-0.4, -0.2) is 43.8 Å². The first-order chi connectivity index (χ1) is 19.3. The maximum atomic E-state index is 12.5. The van der Waals surface area contributed by atoms with Gasteiger partial charge in [0, 0.05) is 19.5 Å². The highest BCUT2D eigenvalue weighted by Crippen LogP contribution is 2.63. The summed E-state index contributed by atoms with van der Waals surface area (Å²) in [6, 6.07) is -0.556. The SMILES string of the molecule is CCCCCC(C)C1CCC2C1CCC1C2CC=C2CC(OC(=O)NCCNC(=O)C(N)CCCN)CC[C@]21C. The van der Waals surface area contributed by atoms with Gasteiger partial charge in [-0.2, -0.15) is 0 Å². The second kappa shape index (κ2) is 14.5. The van der Waals surface area contributed by atoms with Crippen molar-refractivity contribution in [3.8, 4) is 0 Å². The third kappa shape index (κ3) is 7.24. The highest BCUT2D eigenvalue weighted by Gasteiger charge is 2.54. The molecule has 0 aliphatic heterocycles. The standard InChI is InChI=1S/C33H58N4O3/c1-4-5-6-8-22(2)25-12-13-27-26(25)14-15-29-28(27)11-10-23-21-24(16-17-33(23,29)3)40-32(39)37-20-19-36-31(38)30(35)9-7-18-34/h10,22,24-30H,4-9,11-21,34-35H2,1-3H3,(H,36,38)(H,37,39)/t22?,24?,25?,26?,27?,28?,29?,30?,33-/m1/s1. The van der Waals surface area contributed by atoms with Gasteiger partial charge in [-0.05, 0) is 105 Å². The maximum Gasteiger partial charge on any atom is 0.407 e. The Balaban J connectivity index is 1.23. The normalized spacial score (nSPS) is 34.5. The van der Waals surface area contributed by atoms with Crippen LogP contribution in [-0.2, 0) is 9.53 Å². The summed E-state index contributed by atoms with van der Waals surface area (Å²) >= 11 is 0. The Labute approximate surface area is 243 Å². The molecule has 0 radical (unpaired) electrons. The Morgan fingerprint density at radius 3 is 2.58 bits per heavy atom. The summed E-state index contributed by atoms with van der Waals surface area (Å²) in [6.45, 7) is 8.56. The van der Waals surface area contributed by atoms with Gasteiger partial charge >= 0.3 is 6.09 Å². The van der Waals surface area contributed by atoms with Gasteiger partial charge in [0.1, 0.15) is 6.10 Å². The molecule has 9 atom stereocenters. The molecule has 0 aromatic carbocycles. The van der Waals surface area contributed by atoms with Crippen LogP contribution >= 0.6 is 0 Å². The van der Waals surface area contributed by atoms with E-state index in [1.165, 1.54) is 63.4 Å². The molecule has 0 spiro atoms. The fourth-order valence-electron chi connectivity index (χ4n) is 9.21. The molecular weight excluding hydrogens is 500 g/mol. The summed E-state index contributed by atoms with van der Waals surface area (Å²) in [5.74, 6) is 5.13. The van der Waals surface area contributed by atoms with Crippen LogP contribution in [0.25, 0.3) is 0 Å². The maximum absolute atomic E-state index is 12.5. The molecule has 6 N–H and O–H groups in total. The van der Waals surface area contributed by atoms with Gasteiger partial charge in [0.2, 0.25) is 5.91 Å². The first-order valence-corrected chi connectivity index (χ1v) is 16.7. The number of hydrogen-bond acceptors (Lipinski definition) is 5. The lowest BCUT2D eigenvalue weighted by atomic mass is 9.50. The lowest BCUT2D eigenvalue weighted by molar-refractivity contribution is -0.122. The number of hydrogen-bond donors (Lipinski definition) is 4. The van der Waals surface area contributed by atoms with E-state index in [2.05, 4.69) is 37.5 Å². The van der Waals surface area contributed by atoms with Crippen LogP contribution in [0.2, 0.25) is 0 Å². The first kappa shape index (κ1) is 31.3. The third-order valence-electron chi connectivity index (χ3n) is 11.4. The minimum Gasteiger partial charge on any atom is -0.446 e. The summed E-state index contributed by atoms with van der Waals surface area (Å²) in [5, 5.41) is 5.56. The van der Waals surface area contributed by atoms with Crippen molar-refractivity contribution < 1.29 is 14.3 Å². The first-order valence-electron chi connectivity index (χ1n) is 16.7. The number of fused-ring (bicyclic) bond motifs is 5. The minimum atomic E-state index is -0.556. The van der Waals surface area contributed by atoms with E-state index < -0.39 is 12.1 Å². The number of unbranched alkanes of at least 4 members (excludes halogenated alkanes) is 2. The van der Waals surface area contributed by atoms with Gasteiger partial charge in [0.05, 0.1) is 6.04 Å². The number of nitrogens with one attached hydrogen (secondary N) is 2. The van der Waals surface area contributed by atoms with Crippen molar-refractivity contribution in [2.75, 3.05) is 19.6 Å². The van der Waals surface area contributed by atoms with Crippen LogP contribution in [0.3, 0.4) is 0 Å². The Bertz CT molecular complexity index is 878. The van der Waals surface area contributed by atoms with E-state index >= 15 is 0 Å². The van der Waals surface area contributed by atoms with Crippen LogP contribution in [0.1, 0.15) is 111 Å². The van der Waals surface area contributed by atoms with Crippen LogP contribution in [0.15, 0.2) is 11.6 Å². The number of amides is 2. The Kier molecular flexibility index (Phi) is 11.4. The topological polar surface area (TPSA) is 119 Å². The molecule has 2 amide bonds. The molecule has 7 nitrogen and oxygen atoms in total. The molecule has 0 saturated heterocycles. The molecule has 3 saturated carbocycles. The Hall–Kier alpha value is -1.60. The second-order valence-electron chi connectivity index (χ2n) is 13.8. The summed E-state index contributed by atoms with van der Waals surface area (Å²) in [4.78, 5) is 24.5. The zero-order valence-electron chi connectivity index (χ0n) is 25.6. The quantitative estimate of drug-likeness (QED) is 0.172. The van der Waals surface area contributed by atoms with Gasteiger partial charge in [-0.25, -0.2) is 4.79 Å². The number of alkyl carbamates (subject to hydrolysis) is 1. The van der Waals surface area contributed by atoms with Crippen LogP contribution in [0.4, 0.5) is 4.79 Å². The van der Waals surface area contributed by atoms with Gasteiger partial charge in [-0.1, -0.05) is 58.1 Å². The van der Waals surface area contributed by atoms with E-state index in [1.807, 2.05) is 0 Å². The molecule has 8 unspecified atom stereocenters. The molecule has 0 bridgehead atoms. The highest BCUT2D eigenvalue weighted by atomic mass is 16.6. The zero-order valence-corrected chi connectivity index (χ0v) is 25.6. The summed E-state index contributed by atoms with van der Waals surface area (Å²) < 4.78 is 5.84. The Morgan fingerprint density at radius 1 is 1.02 bits per heavy atom. The van der Waals surface area contributed by atoms with Crippen molar-refractivity contribution in [3.63, 3.8) is 0 Å². The van der Waals surface area contributed by atoms with E-state index in [0.717, 1.165) is 61.2 Å². The predicted octanol–water partition coefficient (Wildman–Crippen LogP) is 5.67. The van der Waals surface area contributed by atoms with Gasteiger partial charge in [0.15, 0.2) is 0 Å². The summed E-state index contributed by atoms with van der Waals surface area (Å²) in [6.07, 6.45) is 18.8. The molecule has 0 aromatic rings. The van der Waals surface area contributed by atoms with E-state index in [1.54, 1.807) is 0 Å². The number of ether oxygens (including phenoxy) is 1. The molecule has 3 fully saturated rings. The Morgan fingerprint density at radius 2 is 1.80 bits per heavy atom. The fourth-order valence-corrected chi connectivity index (χ4v) is 9.21. The molecule has 0 heterocycles. The van der Waals surface area contributed by atoms with Crippen LogP contribution in [0.5, 0.6) is 0 Å². The van der Waals surface area contributed by atoms with Crippen molar-refractivity contribution in [3.05, 3.63) is 11.6 Å². The number of allylic oxidation sites excluding steroid dienone is 1. The molecule has 4 rings (SSSR count). The van der Waals surface area contributed by atoms with Crippen molar-refractivity contribution in [1.82, 2.24) is 10.6 Å². The predicted molar refractivity (Wildman–Crippen MR) is 161 cm³/mol. The molecule has 40 heavy (non-hydrogen) atoms. The molecular formula is C33H58N4O3. The molecule has 228 valence electrons. The summed E-state index contributed by atoms with van der Waals surface area (Å²) in [7, 11) is 0. The number of rotatable bonds is 13. The van der Waals surface area contributed by atoms with E-state index in [0.29, 0.717) is 26.1 Å². The average Bonchev–Trinajstić information content (AvgIpc) is 3.39.